The Bertz CT molecular complexity index is 734. The molecule has 6 nitrogen and oxygen atoms in total. The van der Waals surface area contributed by atoms with Crippen LogP contribution in [0.4, 0.5) is 0 Å². The zero-order valence-electron chi connectivity index (χ0n) is 15.1. The van der Waals surface area contributed by atoms with Crippen LogP contribution in [0.5, 0.6) is 0 Å². The Balaban J connectivity index is 1.60. The molecule has 0 atom stereocenters. The molecule has 2 fully saturated rings. The Hall–Kier alpha value is -1.44. The third kappa shape index (κ3) is 4.04. The molecule has 1 amide bonds. The quantitative estimate of drug-likeness (QED) is 0.804. The number of likely N-dealkylation sites (tertiary alicyclic amines) is 1. The predicted molar refractivity (Wildman–Crippen MR) is 96.1 cm³/mol. The summed E-state index contributed by atoms with van der Waals surface area (Å²) in [5.41, 5.74) is 1.85. The molecule has 0 radical (unpaired) electrons. The van der Waals surface area contributed by atoms with Gasteiger partial charge in [-0.2, -0.15) is 4.31 Å². The van der Waals surface area contributed by atoms with Crippen molar-refractivity contribution in [3.05, 3.63) is 29.3 Å². The first-order valence-corrected chi connectivity index (χ1v) is 10.5. The molecule has 0 unspecified atom stereocenters. The summed E-state index contributed by atoms with van der Waals surface area (Å²) in [5, 5.41) is 0. The molecule has 0 aliphatic carbocycles. The minimum absolute atomic E-state index is 0.207. The Morgan fingerprint density at radius 1 is 1.08 bits per heavy atom. The van der Waals surface area contributed by atoms with E-state index in [4.69, 9.17) is 0 Å². The lowest BCUT2D eigenvalue weighted by Gasteiger charge is -2.32. The Morgan fingerprint density at radius 2 is 1.72 bits per heavy atom. The van der Waals surface area contributed by atoms with Crippen LogP contribution in [0.1, 0.15) is 24.0 Å². The fourth-order valence-electron chi connectivity index (χ4n) is 3.74. The highest BCUT2D eigenvalue weighted by molar-refractivity contribution is 7.89. The average molecular weight is 367 g/mol. The van der Waals surface area contributed by atoms with Gasteiger partial charge in [0.15, 0.2) is 6.54 Å². The number of carbonyl (C=O) groups is 1. The van der Waals surface area contributed by atoms with E-state index in [9.17, 15) is 13.2 Å². The Kier molecular flexibility index (Phi) is 5.46. The van der Waals surface area contributed by atoms with E-state index in [0.717, 1.165) is 37.1 Å². The summed E-state index contributed by atoms with van der Waals surface area (Å²) in [6, 6.07) is 5.45. The van der Waals surface area contributed by atoms with Crippen molar-refractivity contribution >= 4 is 15.9 Å². The fourth-order valence-corrected chi connectivity index (χ4v) is 5.39. The van der Waals surface area contributed by atoms with Crippen LogP contribution >= 0.6 is 0 Å². The average Bonchev–Trinajstić information content (AvgIpc) is 3.09. The van der Waals surface area contributed by atoms with Gasteiger partial charge in [0.25, 0.3) is 5.91 Å². The maximum atomic E-state index is 12.9. The molecule has 25 heavy (non-hydrogen) atoms. The van der Waals surface area contributed by atoms with E-state index in [0.29, 0.717) is 37.6 Å². The second-order valence-corrected chi connectivity index (χ2v) is 9.09. The highest BCUT2D eigenvalue weighted by Crippen LogP contribution is 2.20. The standard InChI is InChI=1S/C18H27N3O3S/c1-15-5-6-17(16(2)13-15)25(23,24)21-11-9-19(10-12-21)14-18(22)20-7-3-4-8-20/h5-6,13H,3-4,7-12,14H2,1-2H3/p+1. The molecular formula is C18H28N3O3S+. The lowest BCUT2D eigenvalue weighted by atomic mass is 10.2. The van der Waals surface area contributed by atoms with E-state index in [-0.39, 0.29) is 5.91 Å². The van der Waals surface area contributed by atoms with E-state index >= 15 is 0 Å². The van der Waals surface area contributed by atoms with Crippen LogP contribution in [-0.4, -0.2) is 69.3 Å². The van der Waals surface area contributed by atoms with Gasteiger partial charge in [-0.25, -0.2) is 8.42 Å². The molecule has 0 spiro atoms. The number of nitrogens with one attached hydrogen (secondary N) is 1. The van der Waals surface area contributed by atoms with E-state index in [1.165, 1.54) is 4.90 Å². The minimum atomic E-state index is -3.45. The number of hydrogen-bond donors (Lipinski definition) is 1. The lowest BCUT2D eigenvalue weighted by molar-refractivity contribution is -0.896. The van der Waals surface area contributed by atoms with Crippen LogP contribution in [0.25, 0.3) is 0 Å². The van der Waals surface area contributed by atoms with Crippen LogP contribution in [0.3, 0.4) is 0 Å². The highest BCUT2D eigenvalue weighted by atomic mass is 32.2. The van der Waals surface area contributed by atoms with Crippen molar-refractivity contribution in [1.29, 1.82) is 0 Å². The van der Waals surface area contributed by atoms with Crippen molar-refractivity contribution in [2.75, 3.05) is 45.8 Å². The predicted octanol–water partition coefficient (Wildman–Crippen LogP) is -0.185. The first-order valence-electron chi connectivity index (χ1n) is 9.06. The zero-order chi connectivity index (χ0) is 18.0. The summed E-state index contributed by atoms with van der Waals surface area (Å²) in [6.07, 6.45) is 2.20. The number of amides is 1. The lowest BCUT2D eigenvalue weighted by Crippen LogP contribution is -3.15. The fraction of sp³-hybridized carbons (Fsp3) is 0.611. The van der Waals surface area contributed by atoms with Crippen LogP contribution in [0.15, 0.2) is 23.1 Å². The van der Waals surface area contributed by atoms with Crippen molar-refractivity contribution < 1.29 is 18.1 Å². The van der Waals surface area contributed by atoms with Crippen LogP contribution in [0, 0.1) is 13.8 Å². The second-order valence-electron chi connectivity index (χ2n) is 7.19. The maximum Gasteiger partial charge on any atom is 0.277 e. The van der Waals surface area contributed by atoms with E-state index in [1.54, 1.807) is 10.4 Å². The molecule has 3 rings (SSSR count). The second kappa shape index (κ2) is 7.43. The molecule has 2 saturated heterocycles. The zero-order valence-corrected chi connectivity index (χ0v) is 15.9. The van der Waals surface area contributed by atoms with Gasteiger partial charge < -0.3 is 9.80 Å². The number of rotatable bonds is 4. The topological polar surface area (TPSA) is 62.1 Å². The normalized spacial score (nSPS) is 20.2. The van der Waals surface area contributed by atoms with Crippen molar-refractivity contribution in [3.63, 3.8) is 0 Å². The van der Waals surface area contributed by atoms with Gasteiger partial charge in [0, 0.05) is 13.1 Å². The Morgan fingerprint density at radius 3 is 2.32 bits per heavy atom. The van der Waals surface area contributed by atoms with Crippen molar-refractivity contribution in [1.82, 2.24) is 9.21 Å². The van der Waals surface area contributed by atoms with Crippen molar-refractivity contribution in [2.45, 2.75) is 31.6 Å². The molecule has 138 valence electrons. The number of aryl methyl sites for hydroxylation is 2. The van der Waals surface area contributed by atoms with Gasteiger partial charge in [0.05, 0.1) is 31.1 Å². The molecule has 1 aromatic rings. The summed E-state index contributed by atoms with van der Waals surface area (Å²) in [6.45, 7) is 8.35. The maximum absolute atomic E-state index is 12.9. The number of nitrogens with zero attached hydrogens (tertiary/aromatic N) is 2. The van der Waals surface area contributed by atoms with Crippen LogP contribution in [0.2, 0.25) is 0 Å². The largest absolute Gasteiger partial charge is 0.338 e. The first-order chi connectivity index (χ1) is 11.9. The van der Waals surface area contributed by atoms with Gasteiger partial charge in [0.1, 0.15) is 0 Å². The molecule has 0 bridgehead atoms. The molecule has 2 aliphatic rings. The summed E-state index contributed by atoms with van der Waals surface area (Å²) in [7, 11) is -3.45. The number of piperazine rings is 1. The first kappa shape index (κ1) is 18.4. The van der Waals surface area contributed by atoms with Gasteiger partial charge in [-0.1, -0.05) is 17.7 Å². The van der Waals surface area contributed by atoms with Crippen molar-refractivity contribution in [3.8, 4) is 0 Å². The molecular weight excluding hydrogens is 338 g/mol. The van der Waals surface area contributed by atoms with Gasteiger partial charge >= 0.3 is 0 Å². The summed E-state index contributed by atoms with van der Waals surface area (Å²) < 4.78 is 27.4. The third-order valence-electron chi connectivity index (χ3n) is 5.24. The smallest absolute Gasteiger partial charge is 0.277 e. The van der Waals surface area contributed by atoms with Gasteiger partial charge in [-0.15, -0.1) is 0 Å². The summed E-state index contributed by atoms with van der Waals surface area (Å²) in [4.78, 5) is 15.8. The number of sulfonamides is 1. The Labute approximate surface area is 150 Å². The third-order valence-corrected chi connectivity index (χ3v) is 7.30. The number of quaternary nitrogens is 1. The van der Waals surface area contributed by atoms with E-state index < -0.39 is 10.0 Å². The van der Waals surface area contributed by atoms with Gasteiger partial charge in [0.2, 0.25) is 10.0 Å². The molecule has 1 aromatic carbocycles. The SMILES string of the molecule is Cc1ccc(S(=O)(=O)N2CC[NH+](CC(=O)N3CCCC3)CC2)c(C)c1. The van der Waals surface area contributed by atoms with Gasteiger partial charge in [-0.05, 0) is 38.3 Å². The number of carbonyl (C=O) groups excluding carboxylic acids is 1. The van der Waals surface area contributed by atoms with E-state index in [2.05, 4.69) is 0 Å². The molecule has 1 N–H and O–H groups in total. The monoisotopic (exact) mass is 366 g/mol. The number of benzene rings is 1. The summed E-state index contributed by atoms with van der Waals surface area (Å²) in [5.74, 6) is 0.207. The van der Waals surface area contributed by atoms with Gasteiger partial charge in [-0.3, -0.25) is 4.79 Å². The van der Waals surface area contributed by atoms with E-state index in [1.807, 2.05) is 30.9 Å². The molecule has 2 heterocycles. The molecule has 0 saturated carbocycles. The minimum Gasteiger partial charge on any atom is -0.338 e. The van der Waals surface area contributed by atoms with Crippen LogP contribution < -0.4 is 4.90 Å². The molecule has 7 heteroatoms. The molecule has 2 aliphatic heterocycles. The van der Waals surface area contributed by atoms with Crippen LogP contribution in [-0.2, 0) is 14.8 Å². The highest BCUT2D eigenvalue weighted by Gasteiger charge is 2.32. The summed E-state index contributed by atoms with van der Waals surface area (Å²) >= 11 is 0. The van der Waals surface area contributed by atoms with Crippen molar-refractivity contribution in [2.24, 2.45) is 0 Å². The molecule has 0 aromatic heterocycles. The number of hydrogen-bond acceptors (Lipinski definition) is 3.